The maximum atomic E-state index is 13.1. The Morgan fingerprint density at radius 3 is 2.42 bits per heavy atom. The number of esters is 1. The van der Waals surface area contributed by atoms with Gasteiger partial charge >= 0.3 is 11.9 Å². The normalized spacial score (nSPS) is 16.7. The van der Waals surface area contributed by atoms with Gasteiger partial charge in [-0.15, -0.1) is 0 Å². The molecule has 9 nitrogen and oxygen atoms in total. The molecule has 2 rings (SSSR count). The van der Waals surface area contributed by atoms with Gasteiger partial charge in [0.15, 0.2) is 5.78 Å². The highest BCUT2D eigenvalue weighted by molar-refractivity contribution is 7.90. The van der Waals surface area contributed by atoms with Crippen molar-refractivity contribution >= 4 is 39.3 Å². The van der Waals surface area contributed by atoms with E-state index in [1.807, 2.05) is 0 Å². The summed E-state index contributed by atoms with van der Waals surface area (Å²) >= 11 is 6.32. The van der Waals surface area contributed by atoms with E-state index in [0.717, 1.165) is 0 Å². The molecule has 0 saturated carbocycles. The zero-order valence-corrected chi connectivity index (χ0v) is 18.8. The van der Waals surface area contributed by atoms with Gasteiger partial charge in [0.2, 0.25) is 10.0 Å². The van der Waals surface area contributed by atoms with Crippen molar-refractivity contribution in [3.63, 3.8) is 0 Å². The molecule has 1 heterocycles. The molecule has 11 heteroatoms. The summed E-state index contributed by atoms with van der Waals surface area (Å²) in [6, 6.07) is 6.37. The van der Waals surface area contributed by atoms with Crippen LogP contribution in [0, 0.1) is 0 Å². The Labute approximate surface area is 185 Å². The first-order chi connectivity index (χ1) is 14.5. The molecule has 168 valence electrons. The van der Waals surface area contributed by atoms with Gasteiger partial charge in [-0.1, -0.05) is 36.7 Å². The Kier molecular flexibility index (Phi) is 7.99. The zero-order chi connectivity index (χ0) is 23.3. The quantitative estimate of drug-likeness (QED) is 0.463. The van der Waals surface area contributed by atoms with Crippen molar-refractivity contribution in [3.05, 3.63) is 57.4 Å². The van der Waals surface area contributed by atoms with Gasteiger partial charge in [0.1, 0.15) is 12.4 Å². The second-order valence-electron chi connectivity index (χ2n) is 6.78. The first-order valence-electron chi connectivity index (χ1n) is 9.31. The number of carboxylic acids is 1. The van der Waals surface area contributed by atoms with Crippen molar-refractivity contribution in [2.24, 2.45) is 0 Å². The Morgan fingerprint density at radius 1 is 1.23 bits per heavy atom. The van der Waals surface area contributed by atoms with Crippen molar-refractivity contribution in [3.8, 4) is 0 Å². The molecule has 0 bridgehead atoms. The maximum absolute atomic E-state index is 13.1. The number of rotatable bonds is 9. The predicted molar refractivity (Wildman–Crippen MR) is 114 cm³/mol. The smallest absolute Gasteiger partial charge is 0.334 e. The van der Waals surface area contributed by atoms with Gasteiger partial charge in [-0.25, -0.2) is 17.9 Å². The summed E-state index contributed by atoms with van der Waals surface area (Å²) in [5, 5.41) is 12.9. The molecule has 0 spiro atoms. The lowest BCUT2D eigenvalue weighted by Gasteiger charge is -2.31. The molecule has 3 N–H and O–H groups in total. The molecule has 1 atom stereocenters. The van der Waals surface area contributed by atoms with Crippen LogP contribution in [0.2, 0.25) is 5.02 Å². The van der Waals surface area contributed by atoms with Crippen LogP contribution in [-0.4, -0.2) is 50.2 Å². The molecule has 1 unspecified atom stereocenters. The van der Waals surface area contributed by atoms with Crippen LogP contribution < -0.4 is 10.0 Å². The minimum Gasteiger partial charge on any atom is -0.478 e. The molecule has 1 aromatic carbocycles. The van der Waals surface area contributed by atoms with Crippen LogP contribution in [0.3, 0.4) is 0 Å². The largest absolute Gasteiger partial charge is 0.478 e. The standard InChI is InChI=1S/C20H23ClN2O7S/c1-4-22-31(28,29)10-16(25)17-11(2)23-15(9-30-12(3)24)19(20(26)27)18(17)13-7-5-6-8-14(13)21/h5-8,18,22-23H,4,9-10H2,1-3H3,(H,26,27). The number of hydrogen-bond acceptors (Lipinski definition) is 7. The highest BCUT2D eigenvalue weighted by Gasteiger charge is 2.39. The molecular formula is C20H23ClN2O7S. The van der Waals surface area contributed by atoms with E-state index in [9.17, 15) is 27.9 Å². The second kappa shape index (κ2) is 10.1. The third-order valence-corrected chi connectivity index (χ3v) is 6.21. The minimum absolute atomic E-state index is 0.0430. The van der Waals surface area contributed by atoms with E-state index in [1.165, 1.54) is 19.9 Å². The number of nitrogens with one attached hydrogen (secondary N) is 2. The van der Waals surface area contributed by atoms with Gasteiger partial charge in [-0.2, -0.15) is 0 Å². The van der Waals surface area contributed by atoms with E-state index < -0.39 is 39.4 Å². The van der Waals surface area contributed by atoms with E-state index in [4.69, 9.17) is 16.3 Å². The number of dihydropyridines is 1. The van der Waals surface area contributed by atoms with Crippen molar-refractivity contribution in [1.82, 2.24) is 10.0 Å². The molecular weight excluding hydrogens is 448 g/mol. The third-order valence-electron chi connectivity index (χ3n) is 4.50. The highest BCUT2D eigenvalue weighted by atomic mass is 35.5. The van der Waals surface area contributed by atoms with Crippen molar-refractivity contribution in [1.29, 1.82) is 0 Å². The van der Waals surface area contributed by atoms with E-state index in [1.54, 1.807) is 25.1 Å². The Balaban J connectivity index is 2.67. The lowest BCUT2D eigenvalue weighted by atomic mass is 9.79. The Morgan fingerprint density at radius 2 is 1.87 bits per heavy atom. The number of benzene rings is 1. The summed E-state index contributed by atoms with van der Waals surface area (Å²) in [7, 11) is -3.92. The van der Waals surface area contributed by atoms with Gasteiger partial charge < -0.3 is 15.2 Å². The summed E-state index contributed by atoms with van der Waals surface area (Å²) in [4.78, 5) is 36.6. The van der Waals surface area contributed by atoms with Gasteiger partial charge in [0.05, 0.1) is 11.3 Å². The van der Waals surface area contributed by atoms with Gasteiger partial charge in [0.25, 0.3) is 0 Å². The average molecular weight is 471 g/mol. The first kappa shape index (κ1) is 24.6. The lowest BCUT2D eigenvalue weighted by Crippen LogP contribution is -2.37. The number of carbonyl (C=O) groups excluding carboxylic acids is 2. The lowest BCUT2D eigenvalue weighted by molar-refractivity contribution is -0.140. The minimum atomic E-state index is -3.92. The van der Waals surface area contributed by atoms with E-state index >= 15 is 0 Å². The fraction of sp³-hybridized carbons (Fsp3) is 0.350. The molecule has 0 fully saturated rings. The summed E-state index contributed by atoms with van der Waals surface area (Å²) in [5.74, 6) is -4.79. The SMILES string of the molecule is CCNS(=O)(=O)CC(=O)C1=C(C)NC(COC(C)=O)=C(C(=O)O)C1c1ccccc1Cl. The number of carboxylic acid groups (broad SMARTS) is 1. The molecule has 1 aromatic rings. The molecule has 0 saturated heterocycles. The summed E-state index contributed by atoms with van der Waals surface area (Å²) in [6.07, 6.45) is 0. The number of sulfonamides is 1. The highest BCUT2D eigenvalue weighted by Crippen LogP contribution is 2.41. The summed E-state index contributed by atoms with van der Waals surface area (Å²) in [6.45, 7) is 4.01. The van der Waals surface area contributed by atoms with Crippen LogP contribution in [0.5, 0.6) is 0 Å². The number of ether oxygens (including phenoxy) is 1. The van der Waals surface area contributed by atoms with Crippen LogP contribution in [0.1, 0.15) is 32.3 Å². The Hall–Kier alpha value is -2.69. The van der Waals surface area contributed by atoms with Crippen LogP contribution >= 0.6 is 11.6 Å². The number of hydrogen-bond donors (Lipinski definition) is 3. The van der Waals surface area contributed by atoms with Crippen molar-refractivity contribution in [2.75, 3.05) is 18.9 Å². The van der Waals surface area contributed by atoms with E-state index in [2.05, 4.69) is 10.0 Å². The van der Waals surface area contributed by atoms with Crippen LogP contribution in [0.15, 0.2) is 46.8 Å². The molecule has 1 aliphatic rings. The van der Waals surface area contributed by atoms with Gasteiger partial charge in [-0.05, 0) is 18.6 Å². The molecule has 0 radical (unpaired) electrons. The summed E-state index contributed by atoms with van der Waals surface area (Å²) < 4.78 is 31.6. The predicted octanol–water partition coefficient (Wildman–Crippen LogP) is 1.71. The van der Waals surface area contributed by atoms with Gasteiger partial charge in [-0.3, -0.25) is 9.59 Å². The molecule has 0 aromatic heterocycles. The Bertz CT molecular complexity index is 1080. The number of carbonyl (C=O) groups is 3. The van der Waals surface area contributed by atoms with Crippen LogP contribution in [0.4, 0.5) is 0 Å². The molecule has 0 aliphatic carbocycles. The van der Waals surface area contributed by atoms with Crippen molar-refractivity contribution in [2.45, 2.75) is 26.7 Å². The molecule has 31 heavy (non-hydrogen) atoms. The number of ketones is 1. The molecule has 0 amide bonds. The first-order valence-corrected chi connectivity index (χ1v) is 11.3. The zero-order valence-electron chi connectivity index (χ0n) is 17.2. The average Bonchev–Trinajstić information content (AvgIpc) is 2.65. The third kappa shape index (κ3) is 5.93. The maximum Gasteiger partial charge on any atom is 0.334 e. The van der Waals surface area contributed by atoms with E-state index in [0.29, 0.717) is 5.56 Å². The van der Waals surface area contributed by atoms with Gasteiger partial charge in [0, 0.05) is 35.7 Å². The monoisotopic (exact) mass is 470 g/mol. The number of Topliss-reactive ketones (excluding diaryl/α,β-unsaturated/α-hetero) is 1. The fourth-order valence-electron chi connectivity index (χ4n) is 3.35. The molecule has 1 aliphatic heterocycles. The van der Waals surface area contributed by atoms with Crippen molar-refractivity contribution < 1.29 is 32.6 Å². The second-order valence-corrected chi connectivity index (χ2v) is 8.99. The van der Waals surface area contributed by atoms with Crippen LogP contribution in [0.25, 0.3) is 0 Å². The van der Waals surface area contributed by atoms with Crippen LogP contribution in [-0.2, 0) is 29.1 Å². The van der Waals surface area contributed by atoms with E-state index in [-0.39, 0.29) is 40.7 Å². The number of halogens is 1. The number of aliphatic carboxylic acids is 1. The topological polar surface area (TPSA) is 139 Å². The summed E-state index contributed by atoms with van der Waals surface area (Å²) in [5.41, 5.74) is 0.319. The fourth-order valence-corrected chi connectivity index (χ4v) is 4.64. The number of allylic oxidation sites excluding steroid dienone is 2.